The number of carbonyl (C=O) groups is 2. The van der Waals surface area contributed by atoms with Gasteiger partial charge in [0.25, 0.3) is 11.8 Å². The van der Waals surface area contributed by atoms with E-state index in [4.69, 9.17) is 11.6 Å². The Morgan fingerprint density at radius 3 is 2.62 bits per heavy atom. The Morgan fingerprint density at radius 1 is 1.19 bits per heavy atom. The van der Waals surface area contributed by atoms with E-state index in [1.807, 2.05) is 24.3 Å². The number of aromatic nitrogens is 2. The van der Waals surface area contributed by atoms with Crippen LogP contribution in [0.15, 0.2) is 59.3 Å². The van der Waals surface area contributed by atoms with Gasteiger partial charge in [0.1, 0.15) is 28.1 Å². The average Bonchev–Trinajstić information content (AvgIpc) is 3.47. The number of benzene rings is 2. The molecule has 2 aromatic carbocycles. The second-order valence-corrected chi connectivity index (χ2v) is 11.4. The molecular formula is C25H20ClN5O5S. The minimum atomic E-state index is -3.33. The lowest BCUT2D eigenvalue weighted by molar-refractivity contribution is -0.139. The highest BCUT2D eigenvalue weighted by Crippen LogP contribution is 2.32. The number of nitrogens with one attached hydrogen (secondary N) is 1. The number of fused-ring (bicyclic) bond motifs is 1. The number of aryl methyl sites for hydroxylation is 1. The van der Waals surface area contributed by atoms with Gasteiger partial charge in [-0.3, -0.25) is 14.5 Å². The van der Waals surface area contributed by atoms with Gasteiger partial charge < -0.3 is 15.0 Å². The highest BCUT2D eigenvalue weighted by molar-refractivity contribution is 7.91. The molecule has 5 rings (SSSR count). The predicted octanol–water partition coefficient (Wildman–Crippen LogP) is 2.94. The molecule has 1 aromatic heterocycles. The normalized spacial score (nSPS) is 19.9. The number of aliphatic hydroxyl groups excluding tert-OH is 1. The number of allylic oxidation sites excluding steroid dienone is 1. The number of aliphatic hydroxyl groups is 1. The van der Waals surface area contributed by atoms with Crippen molar-refractivity contribution in [2.45, 2.75) is 12.5 Å². The summed E-state index contributed by atoms with van der Waals surface area (Å²) in [5.74, 6) is -1.92. The predicted molar refractivity (Wildman–Crippen MR) is 138 cm³/mol. The van der Waals surface area contributed by atoms with E-state index in [2.05, 4.69) is 10.3 Å². The first-order valence-corrected chi connectivity index (χ1v) is 13.4. The van der Waals surface area contributed by atoms with Crippen LogP contribution in [0.4, 0.5) is 5.69 Å². The quantitative estimate of drug-likeness (QED) is 0.287. The molecule has 2 aliphatic rings. The number of imidazole rings is 1. The Balaban J connectivity index is 1.45. The van der Waals surface area contributed by atoms with Crippen LogP contribution in [0.3, 0.4) is 0 Å². The van der Waals surface area contributed by atoms with Gasteiger partial charge in [0, 0.05) is 18.3 Å². The molecule has 12 heteroatoms. The summed E-state index contributed by atoms with van der Waals surface area (Å²) in [6.07, 6.45) is 0.157. The largest absolute Gasteiger partial charge is 0.506 e. The van der Waals surface area contributed by atoms with E-state index < -0.39 is 27.7 Å². The minimum absolute atomic E-state index is 0.0474. The van der Waals surface area contributed by atoms with E-state index in [0.29, 0.717) is 11.2 Å². The summed E-state index contributed by atoms with van der Waals surface area (Å²) in [6.45, 7) is 0. The fourth-order valence-corrected chi connectivity index (χ4v) is 6.47. The number of nitrogens with zero attached hydrogens (tertiary/aromatic N) is 4. The number of rotatable bonds is 5. The number of amides is 2. The summed E-state index contributed by atoms with van der Waals surface area (Å²) in [5.41, 5.74) is 1.81. The van der Waals surface area contributed by atoms with Crippen LogP contribution in [-0.4, -0.2) is 57.3 Å². The highest BCUT2D eigenvalue weighted by atomic mass is 35.5. The van der Waals surface area contributed by atoms with Gasteiger partial charge in [0.05, 0.1) is 28.6 Å². The number of anilines is 1. The van der Waals surface area contributed by atoms with E-state index >= 15 is 0 Å². The number of carbonyl (C=O) groups excluding carboxylic acids is 2. The van der Waals surface area contributed by atoms with Gasteiger partial charge in [0.2, 0.25) is 0 Å². The van der Waals surface area contributed by atoms with Gasteiger partial charge in [-0.2, -0.15) is 5.26 Å². The van der Waals surface area contributed by atoms with Gasteiger partial charge in [-0.1, -0.05) is 35.9 Å². The molecule has 3 aromatic rings. The van der Waals surface area contributed by atoms with Crippen LogP contribution < -0.4 is 5.32 Å². The maximum absolute atomic E-state index is 13.0. The van der Waals surface area contributed by atoms with Crippen molar-refractivity contribution in [2.24, 2.45) is 7.05 Å². The van der Waals surface area contributed by atoms with Crippen LogP contribution in [-0.2, 0) is 26.5 Å². The molecular weight excluding hydrogens is 518 g/mol. The maximum Gasteiger partial charge on any atom is 0.279 e. The molecule has 0 spiro atoms. The zero-order valence-electron chi connectivity index (χ0n) is 19.5. The smallest absolute Gasteiger partial charge is 0.279 e. The summed E-state index contributed by atoms with van der Waals surface area (Å²) >= 11 is 6.17. The summed E-state index contributed by atoms with van der Waals surface area (Å²) in [5, 5.41) is 23.3. The molecule has 0 radical (unpaired) electrons. The Morgan fingerprint density at radius 2 is 1.95 bits per heavy atom. The maximum atomic E-state index is 13.0. The van der Waals surface area contributed by atoms with Crippen molar-refractivity contribution in [1.82, 2.24) is 14.5 Å². The van der Waals surface area contributed by atoms with Crippen molar-refractivity contribution in [3.05, 3.63) is 70.6 Å². The molecule has 0 saturated carbocycles. The molecule has 1 saturated heterocycles. The minimum Gasteiger partial charge on any atom is -0.506 e. The third-order valence-electron chi connectivity index (χ3n) is 6.40. The van der Waals surface area contributed by atoms with Crippen molar-refractivity contribution in [1.29, 1.82) is 5.26 Å². The summed E-state index contributed by atoms with van der Waals surface area (Å²) in [4.78, 5) is 31.0. The average molecular weight is 538 g/mol. The van der Waals surface area contributed by atoms with Crippen LogP contribution >= 0.6 is 11.6 Å². The van der Waals surface area contributed by atoms with Crippen molar-refractivity contribution in [3.8, 4) is 6.07 Å². The number of para-hydroxylation sites is 2. The van der Waals surface area contributed by atoms with Crippen molar-refractivity contribution in [2.75, 3.05) is 16.8 Å². The van der Waals surface area contributed by atoms with Crippen molar-refractivity contribution < 1.29 is 23.1 Å². The molecule has 1 unspecified atom stereocenters. The summed E-state index contributed by atoms with van der Waals surface area (Å²) < 4.78 is 25.4. The summed E-state index contributed by atoms with van der Waals surface area (Å²) in [7, 11) is -1.59. The number of imide groups is 1. The second kappa shape index (κ2) is 9.06. The molecule has 3 heterocycles. The van der Waals surface area contributed by atoms with Crippen molar-refractivity contribution in [3.63, 3.8) is 0 Å². The molecule has 37 heavy (non-hydrogen) atoms. The van der Waals surface area contributed by atoms with Crippen LogP contribution in [0.25, 0.3) is 22.4 Å². The Hall–Kier alpha value is -4.14. The second-order valence-electron chi connectivity index (χ2n) is 8.75. The standard InChI is InChI=1S/C25H20ClN5O5S/c1-30-19-8-3-2-7-18(19)29-23(30)17(12-27)22(32)14-5-4-6-15(11-14)28-21-20(26)24(33)31(25(21)34)16-9-10-37(35,36)13-16/h2-8,11,16,28,32H,9-10,13H2,1H3/b22-17-. The van der Waals surface area contributed by atoms with Crippen LogP contribution in [0.1, 0.15) is 17.8 Å². The number of nitriles is 1. The molecule has 188 valence electrons. The topological polar surface area (TPSA) is 145 Å². The van der Waals surface area contributed by atoms with Crippen LogP contribution in [0.5, 0.6) is 0 Å². The number of halogens is 1. The van der Waals surface area contributed by atoms with Gasteiger partial charge in [0.15, 0.2) is 15.7 Å². The van der Waals surface area contributed by atoms with E-state index in [9.17, 15) is 28.4 Å². The number of hydrogen-bond acceptors (Lipinski definition) is 8. The van der Waals surface area contributed by atoms with Gasteiger partial charge >= 0.3 is 0 Å². The van der Waals surface area contributed by atoms with E-state index in [-0.39, 0.29) is 51.4 Å². The van der Waals surface area contributed by atoms with Gasteiger partial charge in [-0.05, 0) is 30.7 Å². The molecule has 1 fully saturated rings. The Kier molecular flexibility index (Phi) is 6.01. The Labute approximate surface area is 217 Å². The molecule has 2 N–H and O–H groups in total. The lowest BCUT2D eigenvalue weighted by Gasteiger charge is -2.21. The summed E-state index contributed by atoms with van der Waals surface area (Å²) in [6, 6.07) is 14.8. The zero-order chi connectivity index (χ0) is 26.5. The zero-order valence-corrected chi connectivity index (χ0v) is 21.0. The van der Waals surface area contributed by atoms with E-state index in [0.717, 1.165) is 10.4 Å². The van der Waals surface area contributed by atoms with Gasteiger partial charge in [-0.25, -0.2) is 13.4 Å². The first-order chi connectivity index (χ1) is 17.6. The fourth-order valence-electron chi connectivity index (χ4n) is 4.55. The monoisotopic (exact) mass is 537 g/mol. The van der Waals surface area contributed by atoms with Gasteiger partial charge in [-0.15, -0.1) is 0 Å². The molecule has 2 aliphatic heterocycles. The van der Waals surface area contributed by atoms with E-state index in [1.165, 1.54) is 6.07 Å². The third-order valence-corrected chi connectivity index (χ3v) is 8.50. The molecule has 10 nitrogen and oxygen atoms in total. The first-order valence-electron chi connectivity index (χ1n) is 11.2. The SMILES string of the molecule is Cn1c(/C(C#N)=C(\O)c2cccc(NC3=C(Cl)C(=O)N(C4CCS(=O)(=O)C4)C3=O)c2)nc2ccccc21. The molecule has 0 aliphatic carbocycles. The molecule has 1 atom stereocenters. The number of sulfone groups is 1. The lowest BCUT2D eigenvalue weighted by Crippen LogP contribution is -2.42. The number of hydrogen-bond donors (Lipinski definition) is 2. The fraction of sp³-hybridized carbons (Fsp3) is 0.200. The van der Waals surface area contributed by atoms with Crippen LogP contribution in [0, 0.1) is 11.3 Å². The third kappa shape index (κ3) is 4.24. The van der Waals surface area contributed by atoms with Crippen molar-refractivity contribution >= 4 is 61.3 Å². The van der Waals surface area contributed by atoms with Crippen LogP contribution in [0.2, 0.25) is 0 Å². The lowest BCUT2D eigenvalue weighted by atomic mass is 10.1. The highest BCUT2D eigenvalue weighted by Gasteiger charge is 2.45. The van der Waals surface area contributed by atoms with E-state index in [1.54, 1.807) is 35.9 Å². The molecule has 2 amide bonds. The Bertz CT molecular complexity index is 1700. The first kappa shape index (κ1) is 24.5. The molecule has 0 bridgehead atoms.